The number of fused-ring (bicyclic) bond motifs is 1. The van der Waals surface area contributed by atoms with Crippen molar-refractivity contribution in [3.8, 4) is 0 Å². The van der Waals surface area contributed by atoms with Crippen LogP contribution < -0.4 is 11.1 Å². The summed E-state index contributed by atoms with van der Waals surface area (Å²) in [6.07, 6.45) is 3.94. The van der Waals surface area contributed by atoms with Crippen molar-refractivity contribution in [3.63, 3.8) is 0 Å². The number of ether oxygens (including phenoxy) is 1. The lowest BCUT2D eigenvalue weighted by Crippen LogP contribution is -2.33. The molecule has 0 spiro atoms. The summed E-state index contributed by atoms with van der Waals surface area (Å²) in [6.45, 7) is 0.695. The van der Waals surface area contributed by atoms with Gasteiger partial charge in [0, 0.05) is 24.3 Å². The maximum absolute atomic E-state index is 14.2. The van der Waals surface area contributed by atoms with Crippen LogP contribution in [0.5, 0.6) is 0 Å². The molecule has 0 aliphatic carbocycles. The summed E-state index contributed by atoms with van der Waals surface area (Å²) >= 11 is 0. The van der Waals surface area contributed by atoms with Crippen LogP contribution in [0.2, 0.25) is 0 Å². The van der Waals surface area contributed by atoms with Gasteiger partial charge >= 0.3 is 0 Å². The monoisotopic (exact) mass is 278 g/mol. The van der Waals surface area contributed by atoms with Gasteiger partial charge in [0.1, 0.15) is 5.82 Å². The van der Waals surface area contributed by atoms with Gasteiger partial charge < -0.3 is 15.8 Å². The van der Waals surface area contributed by atoms with E-state index in [0.29, 0.717) is 30.7 Å². The number of nitrogens with two attached hydrogens (primary N) is 1. The van der Waals surface area contributed by atoms with E-state index >= 15 is 0 Å². The maximum atomic E-state index is 14.2. The van der Waals surface area contributed by atoms with Crippen LogP contribution >= 0.6 is 0 Å². The molecule has 2 aliphatic rings. The van der Waals surface area contributed by atoms with Gasteiger partial charge in [-0.1, -0.05) is 0 Å². The van der Waals surface area contributed by atoms with Gasteiger partial charge in [0.15, 0.2) is 0 Å². The van der Waals surface area contributed by atoms with E-state index < -0.39 is 6.04 Å². The maximum Gasteiger partial charge on any atom is 0.224 e. The fraction of sp³-hybridized carbons (Fsp3) is 0.533. The fourth-order valence-corrected chi connectivity index (χ4v) is 2.93. The van der Waals surface area contributed by atoms with E-state index in [4.69, 9.17) is 10.5 Å². The van der Waals surface area contributed by atoms with E-state index in [1.165, 1.54) is 6.07 Å². The molecule has 20 heavy (non-hydrogen) atoms. The van der Waals surface area contributed by atoms with Gasteiger partial charge in [0.05, 0.1) is 12.1 Å². The number of aryl methyl sites for hydroxylation is 1. The third kappa shape index (κ3) is 2.55. The third-order valence-electron chi connectivity index (χ3n) is 4.09. The molecule has 1 aromatic carbocycles. The lowest BCUT2D eigenvalue weighted by Gasteiger charge is -2.29. The molecular weight excluding hydrogens is 259 g/mol. The first kappa shape index (κ1) is 13.5. The molecule has 0 aromatic heterocycles. The van der Waals surface area contributed by atoms with E-state index in [9.17, 15) is 9.18 Å². The highest BCUT2D eigenvalue weighted by molar-refractivity contribution is 5.93. The van der Waals surface area contributed by atoms with Crippen molar-refractivity contribution in [1.29, 1.82) is 0 Å². The molecular formula is C15H19FN2O2. The second-order valence-corrected chi connectivity index (χ2v) is 5.51. The van der Waals surface area contributed by atoms with E-state index in [2.05, 4.69) is 5.32 Å². The molecule has 1 amide bonds. The van der Waals surface area contributed by atoms with Crippen LogP contribution in [0.4, 0.5) is 10.1 Å². The van der Waals surface area contributed by atoms with Crippen molar-refractivity contribution in [2.75, 3.05) is 11.9 Å². The van der Waals surface area contributed by atoms with Gasteiger partial charge in [0.25, 0.3) is 0 Å². The van der Waals surface area contributed by atoms with E-state index in [1.54, 1.807) is 6.07 Å². The lowest BCUT2D eigenvalue weighted by atomic mass is 9.92. The summed E-state index contributed by atoms with van der Waals surface area (Å²) in [6, 6.07) is 2.72. The van der Waals surface area contributed by atoms with Crippen LogP contribution in [-0.2, 0) is 16.0 Å². The molecule has 1 fully saturated rings. The first-order chi connectivity index (χ1) is 9.65. The minimum Gasteiger partial charge on any atom is -0.376 e. The van der Waals surface area contributed by atoms with Crippen LogP contribution in [0.1, 0.15) is 42.9 Å². The van der Waals surface area contributed by atoms with Crippen LogP contribution in [0.3, 0.4) is 0 Å². The molecule has 108 valence electrons. The normalized spacial score (nSPS) is 23.9. The summed E-state index contributed by atoms with van der Waals surface area (Å²) in [5, 5.41) is 2.70. The molecule has 3 rings (SSSR count). The Bertz CT molecular complexity index is 527. The second kappa shape index (κ2) is 5.50. The molecule has 0 bridgehead atoms. The fourth-order valence-electron chi connectivity index (χ4n) is 2.93. The number of hydrogen-bond donors (Lipinski definition) is 2. The smallest absolute Gasteiger partial charge is 0.224 e. The van der Waals surface area contributed by atoms with E-state index in [1.807, 2.05) is 0 Å². The van der Waals surface area contributed by atoms with Gasteiger partial charge in [-0.15, -0.1) is 0 Å². The van der Waals surface area contributed by atoms with Crippen LogP contribution in [0, 0.1) is 5.82 Å². The Balaban J connectivity index is 1.87. The molecule has 0 saturated carbocycles. The van der Waals surface area contributed by atoms with Gasteiger partial charge in [-0.05, 0) is 43.4 Å². The lowest BCUT2D eigenvalue weighted by molar-refractivity contribution is -0.116. The molecule has 0 radical (unpaired) electrons. The summed E-state index contributed by atoms with van der Waals surface area (Å²) in [5.74, 6) is -0.433. The van der Waals surface area contributed by atoms with Crippen molar-refractivity contribution in [2.45, 2.75) is 44.2 Å². The third-order valence-corrected chi connectivity index (χ3v) is 4.09. The molecule has 2 atom stereocenters. The predicted octanol–water partition coefficient (Wildman–Crippen LogP) is 2.28. The van der Waals surface area contributed by atoms with E-state index in [0.717, 1.165) is 24.8 Å². The number of carbonyl (C=O) groups is 1. The number of carbonyl (C=O) groups excluding carboxylic acids is 1. The largest absolute Gasteiger partial charge is 0.376 e. The molecule has 2 aliphatic heterocycles. The number of anilines is 1. The highest BCUT2D eigenvalue weighted by atomic mass is 19.1. The summed E-state index contributed by atoms with van der Waals surface area (Å²) in [4.78, 5) is 11.3. The average molecular weight is 278 g/mol. The summed E-state index contributed by atoms with van der Waals surface area (Å²) in [7, 11) is 0. The Morgan fingerprint density at radius 1 is 1.35 bits per heavy atom. The minimum atomic E-state index is -0.446. The summed E-state index contributed by atoms with van der Waals surface area (Å²) in [5.41, 5.74) is 8.19. The Morgan fingerprint density at radius 2 is 2.20 bits per heavy atom. The molecule has 5 heteroatoms. The first-order valence-electron chi connectivity index (χ1n) is 7.14. The van der Waals surface area contributed by atoms with Gasteiger partial charge in [-0.3, -0.25) is 4.79 Å². The van der Waals surface area contributed by atoms with E-state index in [-0.39, 0.29) is 17.8 Å². The quantitative estimate of drug-likeness (QED) is 0.872. The molecule has 4 nitrogen and oxygen atoms in total. The SMILES string of the molecule is NC(c1cc2c(cc1F)NC(=O)CC2)C1CCCCO1. The standard InChI is InChI=1S/C15H19FN2O2/c16-11-8-12-9(4-5-14(19)18-12)7-10(11)15(17)13-3-1-2-6-20-13/h7-8,13,15H,1-6,17H2,(H,18,19). The molecule has 2 heterocycles. The predicted molar refractivity (Wildman–Crippen MR) is 73.9 cm³/mol. The Kier molecular flexibility index (Phi) is 3.72. The minimum absolute atomic E-state index is 0.0652. The number of hydrogen-bond acceptors (Lipinski definition) is 3. The number of halogens is 1. The Morgan fingerprint density at radius 3 is 2.95 bits per heavy atom. The Labute approximate surface area is 117 Å². The van der Waals surface area contributed by atoms with Crippen molar-refractivity contribution >= 4 is 11.6 Å². The van der Waals surface area contributed by atoms with Gasteiger partial charge in [-0.2, -0.15) is 0 Å². The van der Waals surface area contributed by atoms with Gasteiger partial charge in [-0.25, -0.2) is 4.39 Å². The molecule has 3 N–H and O–H groups in total. The first-order valence-corrected chi connectivity index (χ1v) is 7.14. The molecule has 2 unspecified atom stereocenters. The summed E-state index contributed by atoms with van der Waals surface area (Å²) < 4.78 is 19.9. The average Bonchev–Trinajstić information content (AvgIpc) is 2.46. The number of benzene rings is 1. The van der Waals surface area contributed by atoms with Crippen molar-refractivity contribution < 1.29 is 13.9 Å². The van der Waals surface area contributed by atoms with Crippen molar-refractivity contribution in [3.05, 3.63) is 29.1 Å². The van der Waals surface area contributed by atoms with Crippen molar-refractivity contribution in [1.82, 2.24) is 0 Å². The zero-order valence-corrected chi connectivity index (χ0v) is 11.3. The highest BCUT2D eigenvalue weighted by Gasteiger charge is 2.27. The highest BCUT2D eigenvalue weighted by Crippen LogP contribution is 2.31. The Hall–Kier alpha value is -1.46. The van der Waals surface area contributed by atoms with Crippen LogP contribution in [-0.4, -0.2) is 18.6 Å². The van der Waals surface area contributed by atoms with Gasteiger partial charge in [0.2, 0.25) is 5.91 Å². The number of amides is 1. The topological polar surface area (TPSA) is 64.3 Å². The zero-order valence-electron chi connectivity index (χ0n) is 11.3. The molecule has 1 saturated heterocycles. The van der Waals surface area contributed by atoms with Crippen molar-refractivity contribution in [2.24, 2.45) is 5.73 Å². The zero-order chi connectivity index (χ0) is 14.1. The van der Waals surface area contributed by atoms with Crippen LogP contribution in [0.25, 0.3) is 0 Å². The molecule has 1 aromatic rings. The van der Waals surface area contributed by atoms with Crippen LogP contribution in [0.15, 0.2) is 12.1 Å². The second-order valence-electron chi connectivity index (χ2n) is 5.51. The number of rotatable bonds is 2. The number of nitrogens with one attached hydrogen (secondary N) is 1.